The molecule has 0 aliphatic heterocycles. The molecule has 0 aliphatic carbocycles. The van der Waals surface area contributed by atoms with Crippen molar-refractivity contribution in [2.45, 2.75) is 19.8 Å². The molecule has 0 aromatic heterocycles. The minimum atomic E-state index is -1.08. The number of carbonyl (C=O) groups excluding carboxylic acids is 1. The Morgan fingerprint density at radius 2 is 1.96 bits per heavy atom. The largest absolute Gasteiger partial charge is 0.494 e. The summed E-state index contributed by atoms with van der Waals surface area (Å²) < 4.78 is 7.09. The molecule has 3 N–H and O–H groups in total. The molecular formula is C19H18I2N2O4S. The average Bonchev–Trinajstić information content (AvgIpc) is 2.64. The zero-order valence-corrected chi connectivity index (χ0v) is 20.1. The number of hydrogen-bond donors (Lipinski definition) is 3. The lowest BCUT2D eigenvalue weighted by molar-refractivity contribution is 0.0697. The molecule has 0 spiro atoms. The van der Waals surface area contributed by atoms with E-state index in [4.69, 9.17) is 17.0 Å². The van der Waals surface area contributed by atoms with Gasteiger partial charge in [-0.25, -0.2) is 4.79 Å². The summed E-state index contributed by atoms with van der Waals surface area (Å²) in [5, 5.41) is 14.8. The van der Waals surface area contributed by atoms with E-state index in [9.17, 15) is 14.7 Å². The number of carboxylic acids is 1. The first-order chi connectivity index (χ1) is 13.3. The highest BCUT2D eigenvalue weighted by Gasteiger charge is 2.17. The fraction of sp³-hybridized carbons (Fsp3) is 0.211. The number of carboxylic acid groups (broad SMARTS) is 1. The third kappa shape index (κ3) is 6.55. The minimum Gasteiger partial charge on any atom is -0.494 e. The summed E-state index contributed by atoms with van der Waals surface area (Å²) in [5.41, 5.74) is 0.823. The monoisotopic (exact) mass is 624 g/mol. The second-order valence-corrected chi connectivity index (χ2v) is 8.57. The molecule has 0 radical (unpaired) electrons. The quantitative estimate of drug-likeness (QED) is 0.231. The summed E-state index contributed by atoms with van der Waals surface area (Å²) in [4.78, 5) is 24.0. The number of halogens is 2. The third-order valence-electron chi connectivity index (χ3n) is 3.61. The van der Waals surface area contributed by atoms with Gasteiger partial charge in [0.2, 0.25) is 0 Å². The summed E-state index contributed by atoms with van der Waals surface area (Å²) in [6.45, 7) is 2.66. The molecule has 0 atom stereocenters. The van der Waals surface area contributed by atoms with Gasteiger partial charge in [-0.3, -0.25) is 10.1 Å². The molecule has 0 aliphatic rings. The summed E-state index contributed by atoms with van der Waals surface area (Å²) in [6.07, 6.45) is 1.96. The van der Waals surface area contributed by atoms with Crippen molar-refractivity contribution in [3.05, 3.63) is 54.7 Å². The van der Waals surface area contributed by atoms with Crippen LogP contribution in [-0.2, 0) is 0 Å². The predicted molar refractivity (Wildman–Crippen MR) is 129 cm³/mol. The van der Waals surface area contributed by atoms with Crippen molar-refractivity contribution < 1.29 is 19.4 Å². The van der Waals surface area contributed by atoms with Gasteiger partial charge < -0.3 is 15.2 Å². The Balaban J connectivity index is 2.09. The van der Waals surface area contributed by atoms with Gasteiger partial charge in [-0.1, -0.05) is 19.4 Å². The Kier molecular flexibility index (Phi) is 8.89. The maximum atomic E-state index is 12.5. The first kappa shape index (κ1) is 22.8. The highest BCUT2D eigenvalue weighted by molar-refractivity contribution is 14.1. The Hall–Kier alpha value is -1.47. The second-order valence-electron chi connectivity index (χ2n) is 5.75. The van der Waals surface area contributed by atoms with Crippen LogP contribution >= 0.6 is 57.4 Å². The van der Waals surface area contributed by atoms with Crippen molar-refractivity contribution in [2.75, 3.05) is 11.9 Å². The lowest BCUT2D eigenvalue weighted by atomic mass is 10.2. The summed E-state index contributed by atoms with van der Waals surface area (Å²) in [5.74, 6) is -0.874. The number of ether oxygens (including phenoxy) is 1. The number of nitrogens with one attached hydrogen (secondary N) is 2. The Morgan fingerprint density at radius 3 is 2.64 bits per heavy atom. The van der Waals surface area contributed by atoms with E-state index in [1.165, 1.54) is 6.07 Å². The second kappa shape index (κ2) is 10.9. The standard InChI is InChI=1S/C19H18I2N2O4S/c1-2-3-7-27-13-6-4-5-11(8-13)17(24)23-19(28)22-16-14(18(25)26)9-12(20)10-15(16)21/h4-6,8-10H,2-3,7H2,1H3,(H,25,26)(H2,22,23,24,28). The van der Waals surface area contributed by atoms with Crippen LogP contribution in [0.25, 0.3) is 0 Å². The van der Waals surface area contributed by atoms with Crippen molar-refractivity contribution >= 4 is 80.1 Å². The van der Waals surface area contributed by atoms with Crippen molar-refractivity contribution in [3.63, 3.8) is 0 Å². The topological polar surface area (TPSA) is 87.7 Å². The zero-order valence-electron chi connectivity index (χ0n) is 14.9. The normalized spacial score (nSPS) is 10.2. The Morgan fingerprint density at radius 1 is 1.21 bits per heavy atom. The van der Waals surface area contributed by atoms with Gasteiger partial charge in [0.15, 0.2) is 5.11 Å². The molecular weight excluding hydrogens is 606 g/mol. The van der Waals surface area contributed by atoms with Crippen LogP contribution in [0.2, 0.25) is 0 Å². The molecule has 2 aromatic rings. The number of anilines is 1. The van der Waals surface area contributed by atoms with Gasteiger partial charge in [-0.05, 0) is 94.2 Å². The Labute approximate surface area is 195 Å². The molecule has 0 fully saturated rings. The van der Waals surface area contributed by atoms with E-state index in [1.807, 2.05) is 51.2 Å². The highest BCUT2D eigenvalue weighted by Crippen LogP contribution is 2.26. The van der Waals surface area contributed by atoms with Crippen LogP contribution < -0.4 is 15.4 Å². The van der Waals surface area contributed by atoms with Crippen molar-refractivity contribution in [1.29, 1.82) is 0 Å². The number of benzene rings is 2. The van der Waals surface area contributed by atoms with Gasteiger partial charge in [-0.2, -0.15) is 0 Å². The molecule has 148 valence electrons. The smallest absolute Gasteiger partial charge is 0.337 e. The van der Waals surface area contributed by atoms with E-state index in [0.29, 0.717) is 27.2 Å². The van der Waals surface area contributed by atoms with Gasteiger partial charge >= 0.3 is 5.97 Å². The molecule has 2 rings (SSSR count). The van der Waals surface area contributed by atoms with Crippen LogP contribution in [-0.4, -0.2) is 28.7 Å². The number of carbonyl (C=O) groups is 2. The SMILES string of the molecule is CCCCOc1cccc(C(=O)NC(=S)Nc2c(I)cc(I)cc2C(=O)O)c1. The molecule has 9 heteroatoms. The molecule has 0 saturated heterocycles. The third-order valence-corrected chi connectivity index (χ3v) is 5.29. The van der Waals surface area contributed by atoms with Gasteiger partial charge in [0, 0.05) is 12.7 Å². The minimum absolute atomic E-state index is 0.0175. The maximum absolute atomic E-state index is 12.5. The first-order valence-electron chi connectivity index (χ1n) is 8.39. The van der Waals surface area contributed by atoms with Gasteiger partial charge in [0.25, 0.3) is 5.91 Å². The molecule has 0 bridgehead atoms. The van der Waals surface area contributed by atoms with E-state index in [1.54, 1.807) is 24.3 Å². The number of aromatic carboxylic acids is 1. The van der Waals surface area contributed by atoms with E-state index in [-0.39, 0.29) is 10.7 Å². The molecule has 28 heavy (non-hydrogen) atoms. The average molecular weight is 624 g/mol. The number of thiocarbonyl (C=S) groups is 1. The van der Waals surface area contributed by atoms with Gasteiger partial charge in [0.05, 0.1) is 17.9 Å². The van der Waals surface area contributed by atoms with Crippen LogP contribution in [0.15, 0.2) is 36.4 Å². The summed E-state index contributed by atoms with van der Waals surface area (Å²) in [7, 11) is 0. The number of amides is 1. The molecule has 6 nitrogen and oxygen atoms in total. The maximum Gasteiger partial charge on any atom is 0.337 e. The van der Waals surface area contributed by atoms with Crippen LogP contribution in [0.1, 0.15) is 40.5 Å². The van der Waals surface area contributed by atoms with E-state index >= 15 is 0 Å². The van der Waals surface area contributed by atoms with Gasteiger partial charge in [-0.15, -0.1) is 0 Å². The highest BCUT2D eigenvalue weighted by atomic mass is 127. The molecule has 0 unspecified atom stereocenters. The van der Waals surface area contributed by atoms with E-state index < -0.39 is 11.9 Å². The Bertz CT molecular complexity index is 905. The number of hydrogen-bond acceptors (Lipinski definition) is 4. The fourth-order valence-corrected chi connectivity index (χ4v) is 4.43. The van der Waals surface area contributed by atoms with Crippen LogP contribution in [0.5, 0.6) is 5.75 Å². The number of rotatable bonds is 7. The summed E-state index contributed by atoms with van der Waals surface area (Å²) >= 11 is 9.27. The molecule has 0 heterocycles. The van der Waals surface area contributed by atoms with Crippen LogP contribution in [0, 0.1) is 7.14 Å². The van der Waals surface area contributed by atoms with Crippen LogP contribution in [0.3, 0.4) is 0 Å². The predicted octanol–water partition coefficient (Wildman–Crippen LogP) is 4.90. The van der Waals surface area contributed by atoms with Crippen molar-refractivity contribution in [2.24, 2.45) is 0 Å². The van der Waals surface area contributed by atoms with Gasteiger partial charge in [0.1, 0.15) is 5.75 Å². The lowest BCUT2D eigenvalue weighted by Gasteiger charge is -2.14. The summed E-state index contributed by atoms with van der Waals surface area (Å²) in [6, 6.07) is 10.2. The molecule has 2 aromatic carbocycles. The van der Waals surface area contributed by atoms with Crippen molar-refractivity contribution in [3.8, 4) is 5.75 Å². The van der Waals surface area contributed by atoms with E-state index in [2.05, 4.69) is 17.6 Å². The lowest BCUT2D eigenvalue weighted by Crippen LogP contribution is -2.34. The van der Waals surface area contributed by atoms with Crippen molar-refractivity contribution in [1.82, 2.24) is 5.32 Å². The molecule has 1 amide bonds. The molecule has 0 saturated carbocycles. The van der Waals surface area contributed by atoms with Crippen LogP contribution in [0.4, 0.5) is 5.69 Å². The van der Waals surface area contributed by atoms with E-state index in [0.717, 1.165) is 16.4 Å². The first-order valence-corrected chi connectivity index (χ1v) is 11.0. The zero-order chi connectivity index (χ0) is 20.7. The number of unbranched alkanes of at least 4 members (excludes halogenated alkanes) is 1. The fourth-order valence-electron chi connectivity index (χ4n) is 2.25.